The lowest BCUT2D eigenvalue weighted by molar-refractivity contribution is -0.143. The Morgan fingerprint density at radius 1 is 0.925 bits per heavy atom. The van der Waals surface area contributed by atoms with E-state index in [2.05, 4.69) is 15.2 Å². The molecule has 0 aliphatic carbocycles. The van der Waals surface area contributed by atoms with Gasteiger partial charge in [0.25, 0.3) is 0 Å². The van der Waals surface area contributed by atoms with Crippen LogP contribution in [0.1, 0.15) is 36.1 Å². The standard InChI is InChI=1S/C29H29F6N3O2/c1-18-6-4-5-7-22(18)23-15-25(38-8-10-40-11-9-38)36-17-24(23)37-26(39)27(2,3)16-19-12-20(28(30,31)32)14-21(13-19)29(33,34)35/h4-7,12-15,17H,8-11,16H2,1-3H3,(H,37,39). The molecule has 2 aromatic carbocycles. The molecular weight excluding hydrogens is 536 g/mol. The van der Waals surface area contributed by atoms with Gasteiger partial charge in [0.15, 0.2) is 0 Å². The van der Waals surface area contributed by atoms with Crippen LogP contribution >= 0.6 is 0 Å². The number of hydrogen-bond donors (Lipinski definition) is 1. The summed E-state index contributed by atoms with van der Waals surface area (Å²) in [5, 5.41) is 2.83. The lowest BCUT2D eigenvalue weighted by Crippen LogP contribution is -2.37. The summed E-state index contributed by atoms with van der Waals surface area (Å²) in [5.74, 6) is 0.122. The van der Waals surface area contributed by atoms with Crippen LogP contribution in [0.15, 0.2) is 54.7 Å². The highest BCUT2D eigenvalue weighted by molar-refractivity contribution is 5.99. The lowest BCUT2D eigenvalue weighted by atomic mass is 9.83. The third kappa shape index (κ3) is 6.75. The molecule has 0 bridgehead atoms. The number of alkyl halides is 6. The highest BCUT2D eigenvalue weighted by Gasteiger charge is 2.38. The third-order valence-electron chi connectivity index (χ3n) is 6.82. The monoisotopic (exact) mass is 565 g/mol. The Balaban J connectivity index is 1.66. The molecular formula is C29H29F6N3O2. The fourth-order valence-corrected chi connectivity index (χ4v) is 4.61. The first-order chi connectivity index (χ1) is 18.6. The number of halogens is 6. The van der Waals surface area contributed by atoms with E-state index in [0.717, 1.165) is 11.1 Å². The number of benzene rings is 2. The molecule has 40 heavy (non-hydrogen) atoms. The smallest absolute Gasteiger partial charge is 0.378 e. The quantitative estimate of drug-likeness (QED) is 0.323. The van der Waals surface area contributed by atoms with Crippen LogP contribution in [-0.2, 0) is 28.3 Å². The molecule has 0 saturated carbocycles. The summed E-state index contributed by atoms with van der Waals surface area (Å²) < 4.78 is 85.6. The number of hydrogen-bond acceptors (Lipinski definition) is 4. The van der Waals surface area contributed by atoms with E-state index in [4.69, 9.17) is 4.74 Å². The van der Waals surface area contributed by atoms with Gasteiger partial charge in [0.1, 0.15) is 5.82 Å². The molecule has 1 amide bonds. The normalized spacial score (nSPS) is 14.8. The number of nitrogens with one attached hydrogen (secondary N) is 1. The van der Waals surface area contributed by atoms with E-state index in [1.54, 1.807) is 0 Å². The first-order valence-electron chi connectivity index (χ1n) is 12.6. The minimum absolute atomic E-state index is 0.0761. The van der Waals surface area contributed by atoms with Crippen molar-refractivity contribution >= 4 is 17.4 Å². The molecule has 2 heterocycles. The Hall–Kier alpha value is -3.60. The van der Waals surface area contributed by atoms with Crippen LogP contribution in [0.25, 0.3) is 11.1 Å². The van der Waals surface area contributed by atoms with Gasteiger partial charge in [-0.3, -0.25) is 4.79 Å². The lowest BCUT2D eigenvalue weighted by Gasteiger charge is -2.29. The van der Waals surface area contributed by atoms with Crippen molar-refractivity contribution in [3.05, 3.63) is 77.0 Å². The van der Waals surface area contributed by atoms with Gasteiger partial charge in [-0.15, -0.1) is 0 Å². The third-order valence-corrected chi connectivity index (χ3v) is 6.82. The second-order valence-electron chi connectivity index (χ2n) is 10.4. The minimum Gasteiger partial charge on any atom is -0.378 e. The number of nitrogens with zero attached hydrogens (tertiary/aromatic N) is 2. The summed E-state index contributed by atoms with van der Waals surface area (Å²) in [6, 6.07) is 10.8. The summed E-state index contributed by atoms with van der Waals surface area (Å²) in [4.78, 5) is 20.0. The average Bonchev–Trinajstić information content (AvgIpc) is 2.88. The highest BCUT2D eigenvalue weighted by Crippen LogP contribution is 2.38. The number of aromatic nitrogens is 1. The zero-order chi connectivity index (χ0) is 29.3. The highest BCUT2D eigenvalue weighted by atomic mass is 19.4. The topological polar surface area (TPSA) is 54.5 Å². The van der Waals surface area contributed by atoms with Crippen molar-refractivity contribution in [2.24, 2.45) is 5.41 Å². The number of carbonyl (C=O) groups is 1. The Morgan fingerprint density at radius 2 is 1.52 bits per heavy atom. The van der Waals surface area contributed by atoms with Crippen molar-refractivity contribution in [1.29, 1.82) is 0 Å². The maximum Gasteiger partial charge on any atom is 0.416 e. The number of carbonyl (C=O) groups excluding carboxylic acids is 1. The molecule has 3 aromatic rings. The predicted molar refractivity (Wildman–Crippen MR) is 140 cm³/mol. The summed E-state index contributed by atoms with van der Waals surface area (Å²) in [5.41, 5.74) is -1.58. The first kappa shape index (κ1) is 29.4. The molecule has 11 heteroatoms. The van der Waals surface area contributed by atoms with Gasteiger partial charge in [-0.2, -0.15) is 26.3 Å². The Morgan fingerprint density at radius 3 is 2.10 bits per heavy atom. The number of morpholine rings is 1. The molecule has 0 radical (unpaired) electrons. The number of pyridine rings is 1. The van der Waals surface area contributed by atoms with Gasteiger partial charge in [-0.25, -0.2) is 4.98 Å². The minimum atomic E-state index is -4.97. The van der Waals surface area contributed by atoms with Crippen LogP contribution in [0.2, 0.25) is 0 Å². The average molecular weight is 566 g/mol. The molecule has 4 rings (SSSR count). The SMILES string of the molecule is Cc1ccccc1-c1cc(N2CCOCC2)ncc1NC(=O)C(C)(C)Cc1cc(C(F)(F)F)cc(C(F)(F)F)c1. The van der Waals surface area contributed by atoms with Crippen molar-refractivity contribution in [3.8, 4) is 11.1 Å². The van der Waals surface area contributed by atoms with Gasteiger partial charge in [0.05, 0.1) is 36.2 Å². The summed E-state index contributed by atoms with van der Waals surface area (Å²) >= 11 is 0. The van der Waals surface area contributed by atoms with Crippen molar-refractivity contribution in [3.63, 3.8) is 0 Å². The zero-order valence-corrected chi connectivity index (χ0v) is 22.2. The van der Waals surface area contributed by atoms with Crippen LogP contribution < -0.4 is 10.2 Å². The summed E-state index contributed by atoms with van der Waals surface area (Å²) in [7, 11) is 0. The van der Waals surface area contributed by atoms with E-state index in [1.807, 2.05) is 37.3 Å². The number of amides is 1. The van der Waals surface area contributed by atoms with Crippen molar-refractivity contribution in [2.45, 2.75) is 39.5 Å². The number of aryl methyl sites for hydroxylation is 1. The largest absolute Gasteiger partial charge is 0.416 e. The van der Waals surface area contributed by atoms with E-state index < -0.39 is 34.8 Å². The fourth-order valence-electron chi connectivity index (χ4n) is 4.61. The van der Waals surface area contributed by atoms with Gasteiger partial charge in [0.2, 0.25) is 5.91 Å². The van der Waals surface area contributed by atoms with Gasteiger partial charge >= 0.3 is 12.4 Å². The molecule has 1 aliphatic heterocycles. The van der Waals surface area contributed by atoms with Crippen LogP contribution in [0.3, 0.4) is 0 Å². The fraction of sp³-hybridized carbons (Fsp3) is 0.379. The Kier molecular flexibility index (Phi) is 8.16. The van der Waals surface area contributed by atoms with Gasteiger partial charge in [-0.1, -0.05) is 38.1 Å². The Labute approximate surface area is 228 Å². The summed E-state index contributed by atoms with van der Waals surface area (Å²) in [6.07, 6.45) is -8.78. The molecule has 214 valence electrons. The van der Waals surface area contributed by atoms with Gasteiger partial charge < -0.3 is 15.0 Å². The van der Waals surface area contributed by atoms with Crippen molar-refractivity contribution in [2.75, 3.05) is 36.5 Å². The van der Waals surface area contributed by atoms with Crippen LogP contribution in [-0.4, -0.2) is 37.2 Å². The van der Waals surface area contributed by atoms with Crippen LogP contribution in [0.4, 0.5) is 37.8 Å². The van der Waals surface area contributed by atoms with Gasteiger partial charge in [0, 0.05) is 24.1 Å². The summed E-state index contributed by atoms with van der Waals surface area (Å²) in [6.45, 7) is 7.27. The molecule has 0 atom stereocenters. The maximum absolute atomic E-state index is 13.4. The van der Waals surface area contributed by atoms with Crippen LogP contribution in [0, 0.1) is 12.3 Å². The molecule has 0 spiro atoms. The van der Waals surface area contributed by atoms with E-state index in [9.17, 15) is 31.1 Å². The molecule has 5 nitrogen and oxygen atoms in total. The molecule has 1 fully saturated rings. The van der Waals surface area contributed by atoms with E-state index in [1.165, 1.54) is 20.0 Å². The second kappa shape index (κ2) is 11.1. The molecule has 0 unspecified atom stereocenters. The Bertz CT molecular complexity index is 1350. The molecule has 1 N–H and O–H groups in total. The number of anilines is 2. The van der Waals surface area contributed by atoms with Gasteiger partial charge in [-0.05, 0) is 54.3 Å². The second-order valence-corrected chi connectivity index (χ2v) is 10.4. The maximum atomic E-state index is 13.4. The van der Waals surface area contributed by atoms with E-state index >= 15 is 0 Å². The zero-order valence-electron chi connectivity index (χ0n) is 22.2. The van der Waals surface area contributed by atoms with E-state index in [-0.39, 0.29) is 18.1 Å². The number of ether oxygens (including phenoxy) is 1. The first-order valence-corrected chi connectivity index (χ1v) is 12.6. The molecule has 1 aromatic heterocycles. The van der Waals surface area contributed by atoms with Crippen molar-refractivity contribution < 1.29 is 35.9 Å². The number of rotatable bonds is 6. The predicted octanol–water partition coefficient (Wildman–Crippen LogP) is 7.14. The van der Waals surface area contributed by atoms with E-state index in [0.29, 0.717) is 55.5 Å². The van der Waals surface area contributed by atoms with Crippen LogP contribution in [0.5, 0.6) is 0 Å². The van der Waals surface area contributed by atoms with Crippen molar-refractivity contribution in [1.82, 2.24) is 4.98 Å². The molecule has 1 aliphatic rings. The molecule has 1 saturated heterocycles.